The van der Waals surface area contributed by atoms with Gasteiger partial charge in [-0.15, -0.1) is 0 Å². The molecule has 1 aromatic rings. The van der Waals surface area contributed by atoms with Crippen molar-refractivity contribution in [1.29, 1.82) is 0 Å². The van der Waals surface area contributed by atoms with Crippen molar-refractivity contribution in [2.75, 3.05) is 13.1 Å². The number of alkyl halides is 2. The van der Waals surface area contributed by atoms with E-state index in [1.54, 1.807) is 4.90 Å². The lowest BCUT2D eigenvalue weighted by molar-refractivity contribution is -0.145. The molecular formula is C17H21F3N2O2. The smallest absolute Gasteiger partial charge is 0.250 e. The highest BCUT2D eigenvalue weighted by atomic mass is 19.3. The molecule has 2 heterocycles. The average Bonchev–Trinajstić information content (AvgIpc) is 2.56. The van der Waals surface area contributed by atoms with Crippen LogP contribution in [0.25, 0.3) is 0 Å². The van der Waals surface area contributed by atoms with Crippen molar-refractivity contribution < 1.29 is 22.7 Å². The number of nitrogens with zero attached hydrogens (tertiary/aromatic N) is 2. The third-order valence-corrected chi connectivity index (χ3v) is 4.68. The number of pyridine rings is 1. The summed E-state index contributed by atoms with van der Waals surface area (Å²) >= 11 is 0. The van der Waals surface area contributed by atoms with E-state index >= 15 is 0 Å². The Balaban J connectivity index is 1.61. The third kappa shape index (κ3) is 3.99. The molecule has 2 aliphatic rings. The van der Waals surface area contributed by atoms with Crippen LogP contribution >= 0.6 is 0 Å². The summed E-state index contributed by atoms with van der Waals surface area (Å²) in [5.74, 6) is -4.24. The lowest BCUT2D eigenvalue weighted by Crippen LogP contribution is -2.48. The summed E-state index contributed by atoms with van der Waals surface area (Å²) in [6.07, 6.45) is 2.82. The number of likely N-dealkylation sites (tertiary alicyclic amines) is 1. The molecule has 1 saturated heterocycles. The van der Waals surface area contributed by atoms with Crippen molar-refractivity contribution >= 4 is 5.91 Å². The fourth-order valence-corrected chi connectivity index (χ4v) is 3.49. The summed E-state index contributed by atoms with van der Waals surface area (Å²) in [5.41, 5.74) is 0. The quantitative estimate of drug-likeness (QED) is 0.845. The van der Waals surface area contributed by atoms with E-state index in [0.29, 0.717) is 32.2 Å². The van der Waals surface area contributed by atoms with Crippen molar-refractivity contribution in [2.45, 2.75) is 50.6 Å². The lowest BCUT2D eigenvalue weighted by Gasteiger charge is -2.37. The molecule has 1 amide bonds. The second-order valence-electron chi connectivity index (χ2n) is 6.61. The second-order valence-corrected chi connectivity index (χ2v) is 6.61. The number of halogens is 3. The second kappa shape index (κ2) is 6.99. The Morgan fingerprint density at radius 2 is 2.17 bits per heavy atom. The predicted molar refractivity (Wildman–Crippen MR) is 81.3 cm³/mol. The molecule has 1 aromatic heterocycles. The molecule has 0 N–H and O–H groups in total. The minimum atomic E-state index is -2.75. The maximum Gasteiger partial charge on any atom is 0.250 e. The first-order chi connectivity index (χ1) is 11.4. The van der Waals surface area contributed by atoms with Crippen LogP contribution in [0.2, 0.25) is 0 Å². The number of hydrogen-bond acceptors (Lipinski definition) is 3. The molecule has 2 fully saturated rings. The van der Waals surface area contributed by atoms with E-state index in [0.717, 1.165) is 0 Å². The molecular weight excluding hydrogens is 321 g/mol. The van der Waals surface area contributed by atoms with E-state index in [1.165, 1.54) is 18.3 Å². The number of rotatable bonds is 3. The Morgan fingerprint density at radius 1 is 1.33 bits per heavy atom. The summed E-state index contributed by atoms with van der Waals surface area (Å²) in [5, 5.41) is 0. The molecule has 0 unspecified atom stereocenters. The van der Waals surface area contributed by atoms with Crippen LogP contribution in [0.3, 0.4) is 0 Å². The van der Waals surface area contributed by atoms with Gasteiger partial charge >= 0.3 is 0 Å². The molecule has 3 rings (SSSR count). The van der Waals surface area contributed by atoms with Crippen molar-refractivity contribution in [3.8, 4) is 5.88 Å². The number of hydrogen-bond donors (Lipinski definition) is 0. The normalized spacial score (nSPS) is 26.9. The van der Waals surface area contributed by atoms with E-state index in [2.05, 4.69) is 4.98 Å². The van der Waals surface area contributed by atoms with E-state index in [1.807, 2.05) is 0 Å². The van der Waals surface area contributed by atoms with Gasteiger partial charge < -0.3 is 9.64 Å². The molecule has 1 saturated carbocycles. The van der Waals surface area contributed by atoms with Gasteiger partial charge in [-0.3, -0.25) is 4.79 Å². The van der Waals surface area contributed by atoms with Crippen molar-refractivity contribution in [2.24, 2.45) is 5.92 Å². The van der Waals surface area contributed by atoms with Gasteiger partial charge in [0.1, 0.15) is 6.10 Å². The first-order valence-electron chi connectivity index (χ1n) is 8.38. The fourth-order valence-electron chi connectivity index (χ4n) is 3.49. The van der Waals surface area contributed by atoms with Gasteiger partial charge in [0, 0.05) is 31.5 Å². The van der Waals surface area contributed by atoms with Crippen molar-refractivity contribution in [1.82, 2.24) is 9.88 Å². The summed E-state index contributed by atoms with van der Waals surface area (Å²) < 4.78 is 46.3. The SMILES string of the molecule is O=C([C@H]1CCCC(F)(F)C1)N1CCC[C@@H](Oc2ncccc2F)C1. The van der Waals surface area contributed by atoms with E-state index < -0.39 is 17.7 Å². The van der Waals surface area contributed by atoms with Crippen LogP contribution in [-0.4, -0.2) is 40.9 Å². The Kier molecular flexibility index (Phi) is 4.96. The molecule has 7 heteroatoms. The molecule has 0 spiro atoms. The molecule has 0 radical (unpaired) electrons. The Labute approximate surface area is 139 Å². The zero-order valence-electron chi connectivity index (χ0n) is 13.4. The zero-order valence-corrected chi connectivity index (χ0v) is 13.4. The average molecular weight is 342 g/mol. The van der Waals surface area contributed by atoms with Crippen LogP contribution in [0.4, 0.5) is 13.2 Å². The van der Waals surface area contributed by atoms with Crippen LogP contribution in [-0.2, 0) is 4.79 Å². The highest BCUT2D eigenvalue weighted by Gasteiger charge is 2.41. The molecule has 4 nitrogen and oxygen atoms in total. The summed E-state index contributed by atoms with van der Waals surface area (Å²) in [4.78, 5) is 18.0. The number of amides is 1. The van der Waals surface area contributed by atoms with Gasteiger partial charge in [0.2, 0.25) is 11.8 Å². The van der Waals surface area contributed by atoms with Gasteiger partial charge in [0.25, 0.3) is 5.88 Å². The van der Waals surface area contributed by atoms with Gasteiger partial charge in [0.15, 0.2) is 5.82 Å². The first kappa shape index (κ1) is 17.0. The predicted octanol–water partition coefficient (Wildman–Crippen LogP) is 3.42. The number of carbonyl (C=O) groups excluding carboxylic acids is 1. The Bertz CT molecular complexity index is 597. The molecule has 2 atom stereocenters. The topological polar surface area (TPSA) is 42.4 Å². The van der Waals surface area contributed by atoms with E-state index in [4.69, 9.17) is 4.74 Å². The first-order valence-corrected chi connectivity index (χ1v) is 8.38. The van der Waals surface area contributed by atoms with Crippen LogP contribution in [0, 0.1) is 11.7 Å². The molecule has 0 bridgehead atoms. The molecule has 132 valence electrons. The highest BCUT2D eigenvalue weighted by molar-refractivity contribution is 5.79. The summed E-state index contributed by atoms with van der Waals surface area (Å²) in [7, 11) is 0. The van der Waals surface area contributed by atoms with Crippen LogP contribution < -0.4 is 4.74 Å². The number of piperidine rings is 1. The van der Waals surface area contributed by atoms with Gasteiger partial charge in [-0.25, -0.2) is 18.2 Å². The summed E-state index contributed by atoms with van der Waals surface area (Å²) in [6, 6.07) is 2.74. The highest BCUT2D eigenvalue weighted by Crippen LogP contribution is 2.37. The van der Waals surface area contributed by atoms with Crippen molar-refractivity contribution in [3.05, 3.63) is 24.1 Å². The minimum Gasteiger partial charge on any atom is -0.470 e. The fraction of sp³-hybridized carbons (Fsp3) is 0.647. The molecule has 24 heavy (non-hydrogen) atoms. The maximum atomic E-state index is 13.6. The van der Waals surface area contributed by atoms with E-state index in [9.17, 15) is 18.0 Å². The Hall–Kier alpha value is -1.79. The molecule has 0 aromatic carbocycles. The maximum absolute atomic E-state index is 13.6. The molecule has 1 aliphatic carbocycles. The number of aromatic nitrogens is 1. The standard InChI is InChI=1S/C17H21F3N2O2/c18-14-6-2-8-21-15(14)24-13-5-3-9-22(11-13)16(23)12-4-1-7-17(19,20)10-12/h2,6,8,12-13H,1,3-5,7,9-11H2/t12-,13+/m0/s1. The Morgan fingerprint density at radius 3 is 2.92 bits per heavy atom. The van der Waals surface area contributed by atoms with Gasteiger partial charge in [-0.2, -0.15) is 0 Å². The zero-order chi connectivity index (χ0) is 17.2. The summed E-state index contributed by atoms with van der Waals surface area (Å²) in [6.45, 7) is 0.822. The third-order valence-electron chi connectivity index (χ3n) is 4.68. The monoisotopic (exact) mass is 342 g/mol. The molecule has 1 aliphatic heterocycles. The van der Waals surface area contributed by atoms with Gasteiger partial charge in [0.05, 0.1) is 6.54 Å². The number of carbonyl (C=O) groups is 1. The van der Waals surface area contributed by atoms with Crippen LogP contribution in [0.15, 0.2) is 18.3 Å². The lowest BCUT2D eigenvalue weighted by atomic mass is 9.85. The number of ether oxygens (including phenoxy) is 1. The van der Waals surface area contributed by atoms with Gasteiger partial charge in [-0.1, -0.05) is 0 Å². The minimum absolute atomic E-state index is 0.0824. The van der Waals surface area contributed by atoms with Crippen molar-refractivity contribution in [3.63, 3.8) is 0 Å². The largest absolute Gasteiger partial charge is 0.470 e. The van der Waals surface area contributed by atoms with Gasteiger partial charge in [-0.05, 0) is 37.8 Å². The van der Waals surface area contributed by atoms with E-state index in [-0.39, 0.29) is 37.3 Å². The van der Waals surface area contributed by atoms with Crippen LogP contribution in [0.5, 0.6) is 5.88 Å². The van der Waals surface area contributed by atoms with Crippen LogP contribution in [0.1, 0.15) is 38.5 Å².